The van der Waals surface area contributed by atoms with E-state index in [2.05, 4.69) is 116 Å². The van der Waals surface area contributed by atoms with E-state index in [9.17, 15) is 61.0 Å². The second-order valence-corrected chi connectivity index (χ2v) is 26.7. The third kappa shape index (κ3) is 39.2. The monoisotopic (exact) mass is 1390 g/mol. The van der Waals surface area contributed by atoms with Crippen LogP contribution in [0.4, 0.5) is 0 Å². The van der Waals surface area contributed by atoms with E-state index in [4.69, 9.17) is 28.4 Å². The SMILES string of the molecule is CC/C=C\C/C=C\C/C=C\C/C=C\C/C=C\C/C=C\C/C=C\C/C=C\CCCCCCCCCCCCCCCCC(=O)NC(COC1OC(CO)C(OC2OC(CO)C(OC3OC(CO)C(O)C(O)C3O)C(O)C2O)C(O)C1O)C(O)/C=C/CCCCCCCCCCCCCC. The largest absolute Gasteiger partial charge is 0.394 e. The molecule has 98 heavy (non-hydrogen) atoms. The predicted octanol–water partition coefficient (Wildman–Crippen LogP) is 11.8. The van der Waals surface area contributed by atoms with Crippen molar-refractivity contribution in [1.29, 1.82) is 0 Å². The molecule has 0 saturated carbocycles. The van der Waals surface area contributed by atoms with Gasteiger partial charge in [0.15, 0.2) is 18.9 Å². The van der Waals surface area contributed by atoms with Crippen molar-refractivity contribution in [3.05, 3.63) is 109 Å². The first-order chi connectivity index (χ1) is 47.8. The molecule has 1 amide bonds. The molecule has 17 unspecified atom stereocenters. The van der Waals surface area contributed by atoms with E-state index in [1.54, 1.807) is 6.08 Å². The number of unbranched alkanes of at least 4 members (excludes halogenated alkanes) is 26. The number of ether oxygens (including phenoxy) is 6. The number of hydrogen-bond acceptors (Lipinski definition) is 18. The highest BCUT2D eigenvalue weighted by molar-refractivity contribution is 5.76. The van der Waals surface area contributed by atoms with Gasteiger partial charge in [0, 0.05) is 6.42 Å². The highest BCUT2D eigenvalue weighted by Crippen LogP contribution is 2.33. The van der Waals surface area contributed by atoms with Crippen LogP contribution in [0.5, 0.6) is 0 Å². The molecule has 0 aromatic heterocycles. The molecule has 3 aliphatic heterocycles. The number of nitrogens with one attached hydrogen (secondary N) is 1. The summed E-state index contributed by atoms with van der Waals surface area (Å²) in [4.78, 5) is 13.4. The fraction of sp³-hybridized carbons (Fsp3) is 0.759. The zero-order chi connectivity index (χ0) is 71.1. The predicted molar refractivity (Wildman–Crippen MR) is 387 cm³/mol. The van der Waals surface area contributed by atoms with Crippen LogP contribution in [0, 0.1) is 0 Å². The topological polar surface area (TPSA) is 307 Å². The minimum Gasteiger partial charge on any atom is -0.394 e. The molecule has 0 radical (unpaired) electrons. The first-order valence-corrected chi connectivity index (χ1v) is 38.1. The average molecular weight is 1390 g/mol. The quantitative estimate of drug-likeness (QED) is 0.0199. The second-order valence-electron chi connectivity index (χ2n) is 26.7. The van der Waals surface area contributed by atoms with Crippen molar-refractivity contribution in [1.82, 2.24) is 5.32 Å². The molecule has 0 bridgehead atoms. The van der Waals surface area contributed by atoms with E-state index in [1.807, 2.05) is 6.08 Å². The Morgan fingerprint density at radius 3 is 1.10 bits per heavy atom. The third-order valence-electron chi connectivity index (χ3n) is 18.3. The van der Waals surface area contributed by atoms with Crippen LogP contribution in [0.25, 0.3) is 0 Å². The normalized spacial score (nSPS) is 27.4. The molecule has 3 rings (SSSR count). The second kappa shape index (κ2) is 58.9. The van der Waals surface area contributed by atoms with Gasteiger partial charge < -0.3 is 89.9 Å². The number of carbonyl (C=O) groups excluding carboxylic acids is 1. The molecule has 19 heteroatoms. The maximum atomic E-state index is 13.4. The van der Waals surface area contributed by atoms with Crippen LogP contribution in [0.3, 0.4) is 0 Å². The van der Waals surface area contributed by atoms with Crippen LogP contribution < -0.4 is 5.32 Å². The number of amides is 1. The van der Waals surface area contributed by atoms with Crippen molar-refractivity contribution in [3.8, 4) is 0 Å². The van der Waals surface area contributed by atoms with Gasteiger partial charge >= 0.3 is 0 Å². The maximum absolute atomic E-state index is 13.4. The van der Waals surface area contributed by atoms with E-state index in [0.29, 0.717) is 6.42 Å². The van der Waals surface area contributed by atoms with Gasteiger partial charge in [0.2, 0.25) is 5.91 Å². The summed E-state index contributed by atoms with van der Waals surface area (Å²) in [6.45, 7) is 1.61. The number of hydrogen-bond donors (Lipinski definition) is 12. The number of aliphatic hydroxyl groups is 11. The minimum absolute atomic E-state index is 0.237. The molecule has 3 saturated heterocycles. The standard InChI is InChI=1S/C79H135NO18/c1-3-5-7-9-11-13-15-17-19-20-21-22-23-24-25-26-27-28-29-30-31-32-33-34-35-36-37-38-39-40-41-42-43-45-47-49-51-53-55-57-67(85)80-62(63(84)56-54-52-50-48-46-44-18-16-14-12-10-8-6-4-2)61-93-77-73(91)70(88)75(65(59-82)95-77)98-79-74(92)71(89)76(66(60-83)96-79)97-78-72(90)69(87)68(86)64(58-81)94-78/h5,7,11,13,17,19,21-22,24-25,27-28,30-31,33-34,54,56,62-66,68-79,81-84,86-92H,3-4,6,8-10,12,14-16,18,20,23,26,29,32,35-53,55,57-61H2,1-2H3,(H,80,85)/b7-5-,13-11-,19-17-,22-21-,25-24-,28-27-,31-30-,34-33-,56-54+. The zero-order valence-corrected chi connectivity index (χ0v) is 60.0. The van der Waals surface area contributed by atoms with Crippen molar-refractivity contribution < 1.29 is 89.4 Å². The Hall–Kier alpha value is -3.55. The molecule has 19 nitrogen and oxygen atoms in total. The molecule has 3 aliphatic rings. The Morgan fingerprint density at radius 1 is 0.378 bits per heavy atom. The summed E-state index contributed by atoms with van der Waals surface area (Å²) in [6, 6.07) is -0.979. The molecule has 0 aliphatic carbocycles. The van der Waals surface area contributed by atoms with Gasteiger partial charge in [-0.2, -0.15) is 0 Å². The van der Waals surface area contributed by atoms with E-state index in [0.717, 1.165) is 103 Å². The van der Waals surface area contributed by atoms with Gasteiger partial charge in [-0.1, -0.05) is 271 Å². The summed E-state index contributed by atoms with van der Waals surface area (Å²) < 4.78 is 34.4. The van der Waals surface area contributed by atoms with E-state index >= 15 is 0 Å². The smallest absolute Gasteiger partial charge is 0.220 e. The summed E-state index contributed by atoms with van der Waals surface area (Å²) in [5, 5.41) is 121. The van der Waals surface area contributed by atoms with E-state index in [-0.39, 0.29) is 18.9 Å². The van der Waals surface area contributed by atoms with Crippen molar-refractivity contribution in [2.45, 2.75) is 356 Å². The van der Waals surface area contributed by atoms with E-state index < -0.39 is 124 Å². The van der Waals surface area contributed by atoms with Gasteiger partial charge in [0.1, 0.15) is 73.2 Å². The first kappa shape index (κ1) is 88.7. The van der Waals surface area contributed by atoms with Crippen LogP contribution in [0.2, 0.25) is 0 Å². The van der Waals surface area contributed by atoms with Gasteiger partial charge in [0.25, 0.3) is 0 Å². The van der Waals surface area contributed by atoms with Crippen LogP contribution in [-0.4, -0.2) is 193 Å². The van der Waals surface area contributed by atoms with Gasteiger partial charge in [0.05, 0.1) is 38.6 Å². The maximum Gasteiger partial charge on any atom is 0.220 e. The molecule has 3 heterocycles. The molecule has 0 spiro atoms. The molecule has 0 aromatic rings. The fourth-order valence-corrected chi connectivity index (χ4v) is 12.2. The number of carbonyl (C=O) groups is 1. The van der Waals surface area contributed by atoms with Crippen LogP contribution >= 0.6 is 0 Å². The fourth-order valence-electron chi connectivity index (χ4n) is 12.2. The molecule has 3 fully saturated rings. The van der Waals surface area contributed by atoms with Gasteiger partial charge in [-0.15, -0.1) is 0 Å². The van der Waals surface area contributed by atoms with Crippen molar-refractivity contribution >= 4 is 5.91 Å². The molecule has 12 N–H and O–H groups in total. The van der Waals surface area contributed by atoms with Crippen LogP contribution in [-0.2, 0) is 33.2 Å². The molecule has 0 aromatic carbocycles. The summed E-state index contributed by atoms with van der Waals surface area (Å²) in [6.07, 6.45) is 53.6. The van der Waals surface area contributed by atoms with Crippen LogP contribution in [0.15, 0.2) is 109 Å². The Kier molecular flexibility index (Phi) is 53.3. The Balaban J connectivity index is 1.32. The number of aliphatic hydroxyl groups excluding tert-OH is 11. The lowest BCUT2D eigenvalue weighted by Crippen LogP contribution is -2.66. The number of rotatable bonds is 58. The highest BCUT2D eigenvalue weighted by atomic mass is 16.8. The third-order valence-corrected chi connectivity index (χ3v) is 18.3. The lowest BCUT2D eigenvalue weighted by Gasteiger charge is -2.48. The minimum atomic E-state index is -1.98. The molecular formula is C79H135NO18. The Bertz CT molecular complexity index is 2200. The summed E-state index contributed by atoms with van der Waals surface area (Å²) >= 11 is 0. The Morgan fingerprint density at radius 2 is 0.704 bits per heavy atom. The lowest BCUT2D eigenvalue weighted by molar-refractivity contribution is -0.379. The molecule has 564 valence electrons. The lowest BCUT2D eigenvalue weighted by atomic mass is 9.96. The van der Waals surface area contributed by atoms with Crippen molar-refractivity contribution in [2.75, 3.05) is 26.4 Å². The summed E-state index contributed by atoms with van der Waals surface area (Å²) in [7, 11) is 0. The summed E-state index contributed by atoms with van der Waals surface area (Å²) in [5.41, 5.74) is 0. The average Bonchev–Trinajstić information content (AvgIpc) is 0.785. The van der Waals surface area contributed by atoms with Crippen molar-refractivity contribution in [2.24, 2.45) is 0 Å². The first-order valence-electron chi connectivity index (χ1n) is 38.1. The highest BCUT2D eigenvalue weighted by Gasteiger charge is 2.53. The van der Waals surface area contributed by atoms with Gasteiger partial charge in [-0.3, -0.25) is 4.79 Å². The van der Waals surface area contributed by atoms with Crippen molar-refractivity contribution in [3.63, 3.8) is 0 Å². The van der Waals surface area contributed by atoms with Crippen LogP contribution in [0.1, 0.15) is 251 Å². The zero-order valence-electron chi connectivity index (χ0n) is 60.0. The van der Waals surface area contributed by atoms with Gasteiger partial charge in [-0.25, -0.2) is 0 Å². The van der Waals surface area contributed by atoms with Gasteiger partial charge in [-0.05, 0) is 83.5 Å². The molecular weight excluding hydrogens is 1250 g/mol. The Labute approximate surface area is 589 Å². The molecule has 17 atom stereocenters. The summed E-state index contributed by atoms with van der Waals surface area (Å²) in [5.74, 6) is -0.279. The van der Waals surface area contributed by atoms with E-state index in [1.165, 1.54) is 122 Å². The number of allylic oxidation sites excluding steroid dienone is 17.